The third-order valence-corrected chi connectivity index (χ3v) is 3.21. The van der Waals surface area contributed by atoms with E-state index in [4.69, 9.17) is 10.5 Å². The minimum atomic E-state index is -0.118. The molecular formula is C17H20N2O2. The van der Waals surface area contributed by atoms with Gasteiger partial charge >= 0.3 is 0 Å². The van der Waals surface area contributed by atoms with Gasteiger partial charge in [-0.2, -0.15) is 0 Å². The summed E-state index contributed by atoms with van der Waals surface area (Å²) in [6.07, 6.45) is 0. The van der Waals surface area contributed by atoms with Gasteiger partial charge in [0.05, 0.1) is 6.61 Å². The molecule has 0 aliphatic heterocycles. The summed E-state index contributed by atoms with van der Waals surface area (Å²) in [4.78, 5) is 14.2. The average molecular weight is 284 g/mol. The lowest BCUT2D eigenvalue weighted by molar-refractivity contribution is 0.0992. The maximum absolute atomic E-state index is 12.6. The highest BCUT2D eigenvalue weighted by atomic mass is 16.5. The zero-order valence-corrected chi connectivity index (χ0v) is 12.6. The molecule has 0 heterocycles. The average Bonchev–Trinajstić information content (AvgIpc) is 2.46. The number of nitrogens with two attached hydrogens (primary N) is 1. The molecule has 0 bridgehead atoms. The number of rotatable bonds is 4. The van der Waals surface area contributed by atoms with E-state index in [1.165, 1.54) is 0 Å². The number of nitrogen functional groups attached to an aromatic ring is 1. The van der Waals surface area contributed by atoms with Crippen LogP contribution in [0.4, 0.5) is 11.4 Å². The summed E-state index contributed by atoms with van der Waals surface area (Å²) in [5.74, 6) is 0.491. The maximum atomic E-state index is 12.6. The minimum absolute atomic E-state index is 0.118. The molecule has 0 aliphatic carbocycles. The van der Waals surface area contributed by atoms with Crippen molar-refractivity contribution in [2.75, 3.05) is 24.3 Å². The van der Waals surface area contributed by atoms with Crippen molar-refractivity contribution in [3.8, 4) is 5.75 Å². The Labute approximate surface area is 125 Å². The highest BCUT2D eigenvalue weighted by Gasteiger charge is 2.15. The molecule has 0 unspecified atom stereocenters. The summed E-state index contributed by atoms with van der Waals surface area (Å²) in [5, 5.41) is 0. The fraction of sp³-hybridized carbons (Fsp3) is 0.235. The van der Waals surface area contributed by atoms with Gasteiger partial charge in [0.1, 0.15) is 5.75 Å². The molecule has 0 fully saturated rings. The molecule has 2 N–H and O–H groups in total. The van der Waals surface area contributed by atoms with Crippen LogP contribution in [0.2, 0.25) is 0 Å². The quantitative estimate of drug-likeness (QED) is 0.877. The Balaban J connectivity index is 2.28. The molecule has 0 radical (unpaired) electrons. The second-order valence-electron chi connectivity index (χ2n) is 4.92. The van der Waals surface area contributed by atoms with Crippen molar-refractivity contribution in [2.45, 2.75) is 13.8 Å². The molecule has 0 aliphatic rings. The van der Waals surface area contributed by atoms with Crippen LogP contribution in [0.5, 0.6) is 5.75 Å². The molecule has 2 aromatic carbocycles. The van der Waals surface area contributed by atoms with E-state index in [1.54, 1.807) is 30.1 Å². The summed E-state index contributed by atoms with van der Waals surface area (Å²) in [7, 11) is 1.75. The predicted molar refractivity (Wildman–Crippen MR) is 85.9 cm³/mol. The number of benzene rings is 2. The van der Waals surface area contributed by atoms with E-state index in [-0.39, 0.29) is 5.91 Å². The fourth-order valence-electron chi connectivity index (χ4n) is 2.07. The molecular weight excluding hydrogens is 264 g/mol. The zero-order chi connectivity index (χ0) is 15.4. The van der Waals surface area contributed by atoms with E-state index < -0.39 is 0 Å². The Hall–Kier alpha value is -2.49. The summed E-state index contributed by atoms with van der Waals surface area (Å²) in [6, 6.07) is 12.9. The highest BCUT2D eigenvalue weighted by molar-refractivity contribution is 6.06. The minimum Gasteiger partial charge on any atom is -0.494 e. The van der Waals surface area contributed by atoms with Gasteiger partial charge in [-0.05, 0) is 38.1 Å². The first-order chi connectivity index (χ1) is 10.0. The van der Waals surface area contributed by atoms with Crippen LogP contribution < -0.4 is 15.4 Å². The van der Waals surface area contributed by atoms with Crippen molar-refractivity contribution in [3.63, 3.8) is 0 Å². The second kappa shape index (κ2) is 6.31. The Morgan fingerprint density at radius 3 is 2.48 bits per heavy atom. The first-order valence-corrected chi connectivity index (χ1v) is 6.89. The van der Waals surface area contributed by atoms with Crippen LogP contribution in [0.15, 0.2) is 42.5 Å². The number of hydrogen-bond donors (Lipinski definition) is 1. The van der Waals surface area contributed by atoms with Crippen LogP contribution in [0, 0.1) is 6.92 Å². The van der Waals surface area contributed by atoms with Gasteiger partial charge in [-0.3, -0.25) is 4.79 Å². The largest absolute Gasteiger partial charge is 0.494 e. The lowest BCUT2D eigenvalue weighted by Crippen LogP contribution is -2.26. The summed E-state index contributed by atoms with van der Waals surface area (Å²) in [6.45, 7) is 4.44. The highest BCUT2D eigenvalue weighted by Crippen LogP contribution is 2.22. The molecule has 110 valence electrons. The normalized spacial score (nSPS) is 10.2. The van der Waals surface area contributed by atoms with E-state index in [2.05, 4.69) is 0 Å². The van der Waals surface area contributed by atoms with E-state index in [1.807, 2.05) is 38.1 Å². The molecule has 0 saturated carbocycles. The third-order valence-electron chi connectivity index (χ3n) is 3.21. The molecule has 0 saturated heterocycles. The molecule has 4 heteroatoms. The van der Waals surface area contributed by atoms with Gasteiger partial charge in [0.2, 0.25) is 0 Å². The first-order valence-electron chi connectivity index (χ1n) is 6.89. The van der Waals surface area contributed by atoms with E-state index in [9.17, 15) is 4.79 Å². The number of carbonyl (C=O) groups excluding carboxylic acids is 1. The van der Waals surface area contributed by atoms with Crippen LogP contribution in [-0.2, 0) is 0 Å². The van der Waals surface area contributed by atoms with Gasteiger partial charge in [-0.15, -0.1) is 0 Å². The van der Waals surface area contributed by atoms with Crippen LogP contribution in [0.1, 0.15) is 22.8 Å². The molecule has 0 spiro atoms. The van der Waals surface area contributed by atoms with Crippen molar-refractivity contribution in [1.29, 1.82) is 0 Å². The number of ether oxygens (including phenoxy) is 1. The lowest BCUT2D eigenvalue weighted by atomic mass is 10.1. The van der Waals surface area contributed by atoms with Gasteiger partial charge in [0, 0.05) is 30.1 Å². The van der Waals surface area contributed by atoms with Crippen molar-refractivity contribution in [3.05, 3.63) is 53.6 Å². The van der Waals surface area contributed by atoms with Gasteiger partial charge in [-0.1, -0.05) is 17.7 Å². The molecule has 2 rings (SSSR count). The van der Waals surface area contributed by atoms with Gasteiger partial charge in [0.25, 0.3) is 5.91 Å². The second-order valence-corrected chi connectivity index (χ2v) is 4.92. The number of anilines is 2. The fourth-order valence-corrected chi connectivity index (χ4v) is 2.07. The van der Waals surface area contributed by atoms with Gasteiger partial charge < -0.3 is 15.4 Å². The van der Waals surface area contributed by atoms with E-state index in [0.717, 1.165) is 11.3 Å². The maximum Gasteiger partial charge on any atom is 0.258 e. The zero-order valence-electron chi connectivity index (χ0n) is 12.6. The van der Waals surface area contributed by atoms with E-state index >= 15 is 0 Å². The van der Waals surface area contributed by atoms with Crippen LogP contribution in [0.3, 0.4) is 0 Å². The Bertz CT molecular complexity index is 636. The van der Waals surface area contributed by atoms with Crippen molar-refractivity contribution in [1.82, 2.24) is 0 Å². The van der Waals surface area contributed by atoms with Crippen LogP contribution in [0.25, 0.3) is 0 Å². The monoisotopic (exact) mass is 284 g/mol. The van der Waals surface area contributed by atoms with Gasteiger partial charge in [-0.25, -0.2) is 0 Å². The number of carbonyl (C=O) groups is 1. The summed E-state index contributed by atoms with van der Waals surface area (Å²) < 4.78 is 5.43. The van der Waals surface area contributed by atoms with E-state index in [0.29, 0.717) is 23.6 Å². The third kappa shape index (κ3) is 3.54. The smallest absolute Gasteiger partial charge is 0.258 e. The Morgan fingerprint density at radius 2 is 1.86 bits per heavy atom. The van der Waals surface area contributed by atoms with Crippen LogP contribution >= 0.6 is 0 Å². The molecule has 4 nitrogen and oxygen atoms in total. The molecule has 1 amide bonds. The Morgan fingerprint density at radius 1 is 1.19 bits per heavy atom. The van der Waals surface area contributed by atoms with Crippen molar-refractivity contribution in [2.24, 2.45) is 0 Å². The SMILES string of the molecule is CCOc1cc(N)cc(C(=O)N(C)c2ccc(C)cc2)c1. The topological polar surface area (TPSA) is 55.6 Å². The standard InChI is InChI=1S/C17H20N2O2/c1-4-21-16-10-13(9-14(18)11-16)17(20)19(3)15-7-5-12(2)6-8-15/h5-11H,4,18H2,1-3H3. The molecule has 2 aromatic rings. The number of nitrogens with zero attached hydrogens (tertiary/aromatic N) is 1. The van der Waals surface area contributed by atoms with Crippen molar-refractivity contribution >= 4 is 17.3 Å². The van der Waals surface area contributed by atoms with Crippen molar-refractivity contribution < 1.29 is 9.53 Å². The summed E-state index contributed by atoms with van der Waals surface area (Å²) >= 11 is 0. The first kappa shape index (κ1) is 14.9. The number of aryl methyl sites for hydroxylation is 1. The summed E-state index contributed by atoms with van der Waals surface area (Å²) in [5.41, 5.74) is 8.86. The lowest BCUT2D eigenvalue weighted by Gasteiger charge is -2.18. The number of amides is 1. The Kier molecular flexibility index (Phi) is 4.48. The number of hydrogen-bond acceptors (Lipinski definition) is 3. The predicted octanol–water partition coefficient (Wildman–Crippen LogP) is 3.25. The molecule has 0 atom stereocenters. The van der Waals surface area contributed by atoms with Gasteiger partial charge in [0.15, 0.2) is 0 Å². The van der Waals surface area contributed by atoms with Crippen LogP contribution in [-0.4, -0.2) is 19.6 Å². The molecule has 0 aromatic heterocycles. The molecule has 21 heavy (non-hydrogen) atoms.